The van der Waals surface area contributed by atoms with Gasteiger partial charge in [-0.15, -0.1) is 6.42 Å². The van der Waals surface area contributed by atoms with Gasteiger partial charge in [0.05, 0.1) is 34.8 Å². The lowest BCUT2D eigenvalue weighted by Gasteiger charge is -2.30. The number of rotatable bonds is 9. The van der Waals surface area contributed by atoms with Crippen LogP contribution in [0.2, 0.25) is 0 Å². The molecule has 5 amide bonds. The highest BCUT2D eigenvalue weighted by atomic mass is 127. The van der Waals surface area contributed by atoms with Crippen LogP contribution in [0.5, 0.6) is 5.75 Å². The van der Waals surface area contributed by atoms with Crippen molar-refractivity contribution < 1.29 is 72.3 Å². The molecule has 342 valence electrons. The number of aryl methyl sites for hydroxylation is 1. The van der Waals surface area contributed by atoms with E-state index in [1.54, 1.807) is 22.6 Å². The summed E-state index contributed by atoms with van der Waals surface area (Å²) in [7, 11) is -3.49. The monoisotopic (exact) mass is 1040 g/mol. The zero-order valence-corrected chi connectivity index (χ0v) is 37.1. The third-order valence-corrected chi connectivity index (χ3v) is 12.2. The first kappa shape index (κ1) is 49.4. The lowest BCUT2D eigenvalue weighted by atomic mass is 9.92. The number of nitrogens with zero attached hydrogens (tertiary/aromatic N) is 2. The van der Waals surface area contributed by atoms with Gasteiger partial charge >= 0.3 is 18.0 Å². The predicted molar refractivity (Wildman–Crippen MR) is 226 cm³/mol. The van der Waals surface area contributed by atoms with E-state index in [1.165, 1.54) is 43.0 Å². The summed E-state index contributed by atoms with van der Waals surface area (Å²) in [5.41, 5.74) is -8.46. The number of hydrogen-bond acceptors (Lipinski definition) is 8. The molecule has 0 saturated carbocycles. The minimum absolute atomic E-state index is 0.0170. The Labute approximate surface area is 374 Å². The van der Waals surface area contributed by atoms with Gasteiger partial charge in [-0.1, -0.05) is 24.1 Å². The fourth-order valence-electron chi connectivity index (χ4n) is 7.31. The number of hydrogen-bond donors (Lipinski definition) is 2. The molecule has 22 heteroatoms. The first-order valence-corrected chi connectivity index (χ1v) is 22.0. The summed E-state index contributed by atoms with van der Waals surface area (Å²) in [5.74, 6) is -1.74. The SMILES string of the molecule is C#CCN1C(=O)COc2cc(F)c(N3C(=O)C4=C(CCCC4)C3=O)cc21.Cc1cc(C(F)(C(F)(F)F)C(F)(F)F)ccc1NC(=O)c1cccc(I)c1C(=O)NC(C)(C)CS(C)(=O)=O. The molecule has 64 heavy (non-hydrogen) atoms. The predicted octanol–water partition coefficient (Wildman–Crippen LogP) is 7.62. The number of anilines is 3. The molecule has 0 bridgehead atoms. The number of carbonyl (C=O) groups is 5. The van der Waals surface area contributed by atoms with E-state index >= 15 is 0 Å². The molecule has 12 nitrogen and oxygen atoms in total. The topological polar surface area (TPSA) is 159 Å². The van der Waals surface area contributed by atoms with Crippen LogP contribution >= 0.6 is 22.6 Å². The van der Waals surface area contributed by atoms with E-state index in [1.807, 2.05) is 0 Å². The van der Waals surface area contributed by atoms with Crippen molar-refractivity contribution in [3.8, 4) is 18.1 Å². The maximum atomic E-state index is 14.7. The maximum absolute atomic E-state index is 14.7. The first-order chi connectivity index (χ1) is 29.5. The van der Waals surface area contributed by atoms with Crippen molar-refractivity contribution in [3.63, 3.8) is 0 Å². The zero-order valence-electron chi connectivity index (χ0n) is 34.1. The number of fused-ring (bicyclic) bond motifs is 1. The van der Waals surface area contributed by atoms with Crippen LogP contribution in [0, 0.1) is 28.7 Å². The number of imide groups is 1. The van der Waals surface area contributed by atoms with Crippen LogP contribution in [-0.4, -0.2) is 81.0 Å². The van der Waals surface area contributed by atoms with E-state index in [-0.39, 0.29) is 64.6 Å². The Morgan fingerprint density at radius 1 is 0.891 bits per heavy atom. The van der Waals surface area contributed by atoms with Crippen LogP contribution in [0.3, 0.4) is 0 Å². The molecule has 3 aliphatic rings. The van der Waals surface area contributed by atoms with Gasteiger partial charge in [-0.2, -0.15) is 26.3 Å². The Morgan fingerprint density at radius 3 is 2.02 bits per heavy atom. The van der Waals surface area contributed by atoms with Crippen LogP contribution in [0.4, 0.5) is 52.2 Å². The average molecular weight is 1040 g/mol. The minimum Gasteiger partial charge on any atom is -0.481 e. The van der Waals surface area contributed by atoms with Gasteiger partial charge < -0.3 is 15.4 Å². The van der Waals surface area contributed by atoms with E-state index in [9.17, 15) is 67.5 Å². The third-order valence-electron chi connectivity index (χ3n) is 10.1. The zero-order chi connectivity index (χ0) is 47.9. The molecule has 2 heterocycles. The van der Waals surface area contributed by atoms with Gasteiger partial charge in [0.1, 0.15) is 15.6 Å². The summed E-state index contributed by atoms with van der Waals surface area (Å²) in [6.45, 7) is 3.72. The van der Waals surface area contributed by atoms with E-state index in [0.717, 1.165) is 37.0 Å². The van der Waals surface area contributed by atoms with Crippen LogP contribution in [0.15, 0.2) is 59.7 Å². The van der Waals surface area contributed by atoms with Crippen molar-refractivity contribution in [1.82, 2.24) is 5.32 Å². The molecule has 0 atom stereocenters. The number of terminal acetylenes is 1. The summed E-state index contributed by atoms with van der Waals surface area (Å²) < 4.78 is 136. The normalized spacial score (nSPS) is 15.7. The second kappa shape index (κ2) is 18.1. The fraction of sp³-hybridized carbons (Fsp3) is 0.357. The highest BCUT2D eigenvalue weighted by Gasteiger charge is 2.73. The highest BCUT2D eigenvalue weighted by Crippen LogP contribution is 2.53. The standard InChI is InChI=1S/C23H22F7IN2O4S.C19H15FN2O4/c1-12-10-13(21(24,22(25,26)27)23(28,29)30)8-9-16(12)32-18(34)14-6-5-7-15(31)17(14)19(35)33-20(2,3)11-38(4,36)37;1-2-7-21-15-9-14(13(20)8-16(15)26-10-17(21)23)22-18(24)11-5-3-4-6-12(11)19(22)25/h5-10H,11H2,1-4H3,(H,32,34)(H,33,35);1,8-9H,3-7,10H2. The molecular weight excluding hydrogens is 999 g/mol. The quantitative estimate of drug-likeness (QED) is 0.0959. The molecule has 2 N–H and O–H groups in total. The summed E-state index contributed by atoms with van der Waals surface area (Å²) in [6, 6.07) is 7.81. The lowest BCUT2D eigenvalue weighted by molar-refractivity contribution is -0.348. The van der Waals surface area contributed by atoms with Gasteiger partial charge in [-0.3, -0.25) is 28.9 Å². The maximum Gasteiger partial charge on any atom is 0.435 e. The number of ether oxygens (including phenoxy) is 1. The Morgan fingerprint density at radius 2 is 1.48 bits per heavy atom. The van der Waals surface area contributed by atoms with E-state index < -0.39 is 74.2 Å². The van der Waals surface area contributed by atoms with E-state index in [0.29, 0.717) is 39.7 Å². The highest BCUT2D eigenvalue weighted by molar-refractivity contribution is 14.1. The molecule has 0 spiro atoms. The second-order valence-corrected chi connectivity index (χ2v) is 18.9. The van der Waals surface area contributed by atoms with Gasteiger partial charge in [-0.05, 0) is 98.9 Å². The number of carbonyl (C=O) groups excluding carboxylic acids is 5. The molecule has 0 fully saturated rings. The van der Waals surface area contributed by atoms with Gasteiger partial charge in [0.2, 0.25) is 0 Å². The van der Waals surface area contributed by atoms with Gasteiger partial charge in [0.25, 0.3) is 29.5 Å². The molecule has 0 saturated heterocycles. The Bertz CT molecular complexity index is 2600. The van der Waals surface area contributed by atoms with Gasteiger partial charge in [-0.25, -0.2) is 22.1 Å². The van der Waals surface area contributed by atoms with Crippen molar-refractivity contribution >= 4 is 79.0 Å². The van der Waals surface area contributed by atoms with Crippen LogP contribution in [0.1, 0.15) is 71.4 Å². The molecule has 6 rings (SSSR count). The molecule has 3 aromatic carbocycles. The first-order valence-electron chi connectivity index (χ1n) is 18.9. The second-order valence-electron chi connectivity index (χ2n) is 15.6. The summed E-state index contributed by atoms with van der Waals surface area (Å²) in [5, 5.41) is 4.84. The number of halogens is 9. The van der Waals surface area contributed by atoms with Crippen LogP contribution in [-0.2, 0) is 29.9 Å². The smallest absolute Gasteiger partial charge is 0.435 e. The number of nitrogens with one attached hydrogen (secondary N) is 2. The fourth-order valence-corrected chi connectivity index (χ4v) is 9.43. The molecule has 2 aliphatic heterocycles. The number of amides is 5. The molecule has 1 aliphatic carbocycles. The largest absolute Gasteiger partial charge is 0.481 e. The number of benzene rings is 3. The Kier molecular flexibility index (Phi) is 14.0. The van der Waals surface area contributed by atoms with Crippen molar-refractivity contribution in [3.05, 3.63) is 91.3 Å². The third kappa shape index (κ3) is 10.0. The van der Waals surface area contributed by atoms with Crippen LogP contribution in [0.25, 0.3) is 0 Å². The summed E-state index contributed by atoms with van der Waals surface area (Å²) in [4.78, 5) is 65.6. The van der Waals surface area contributed by atoms with Crippen molar-refractivity contribution in [1.29, 1.82) is 0 Å². The summed E-state index contributed by atoms with van der Waals surface area (Å²) in [6.07, 6.45) is -3.60. The average Bonchev–Trinajstić information content (AvgIpc) is 3.42. The van der Waals surface area contributed by atoms with Gasteiger partial charge in [0, 0.05) is 43.8 Å². The van der Waals surface area contributed by atoms with Crippen LogP contribution < -0.4 is 25.2 Å². The molecule has 3 aromatic rings. The molecule has 0 unspecified atom stereocenters. The molecular formula is C42H37F8IN4O8S. The van der Waals surface area contributed by atoms with Crippen molar-refractivity contribution in [2.45, 2.75) is 70.0 Å². The minimum atomic E-state index is -6.30. The van der Waals surface area contributed by atoms with E-state index in [4.69, 9.17) is 11.2 Å². The summed E-state index contributed by atoms with van der Waals surface area (Å²) >= 11 is 1.77. The van der Waals surface area contributed by atoms with E-state index in [2.05, 4.69) is 16.6 Å². The molecule has 0 radical (unpaired) electrons. The molecule has 0 aromatic heterocycles. The lowest BCUT2D eigenvalue weighted by Crippen LogP contribution is -2.50. The Balaban J connectivity index is 0.000000256. The number of sulfone groups is 1. The van der Waals surface area contributed by atoms with Gasteiger partial charge in [0.15, 0.2) is 12.4 Å². The van der Waals surface area contributed by atoms with Crippen molar-refractivity contribution in [2.24, 2.45) is 0 Å². The Hall–Kier alpha value is -5.57. The van der Waals surface area contributed by atoms with Crippen molar-refractivity contribution in [2.75, 3.05) is 40.3 Å². The number of alkyl halides is 7.